The second kappa shape index (κ2) is 4.06. The van der Waals surface area contributed by atoms with Crippen LogP contribution in [0, 0.1) is 5.92 Å². The van der Waals surface area contributed by atoms with E-state index < -0.39 is 0 Å². The highest BCUT2D eigenvalue weighted by atomic mass is 35.5. The fraction of sp³-hybridized carbons (Fsp3) is 0.400. The van der Waals surface area contributed by atoms with Crippen LogP contribution < -0.4 is 5.32 Å². The first-order valence-corrected chi connectivity index (χ1v) is 5.28. The maximum atomic E-state index is 5.82. The summed E-state index contributed by atoms with van der Waals surface area (Å²) in [5.74, 6) is 0.587. The highest BCUT2D eigenvalue weighted by molar-refractivity contribution is 6.29. The summed E-state index contributed by atoms with van der Waals surface area (Å²) in [5, 5.41) is 7.90. The van der Waals surface area contributed by atoms with E-state index in [1.807, 2.05) is 6.07 Å². The number of hydrogen-bond donors (Lipinski definition) is 1. The lowest BCUT2D eigenvalue weighted by Gasteiger charge is -2.08. The van der Waals surface area contributed by atoms with Crippen LogP contribution in [0.5, 0.6) is 0 Å². The monoisotopic (exact) mass is 224 g/mol. The Hall–Kier alpha value is -1.29. The molecule has 5 heteroatoms. The molecule has 0 aliphatic carbocycles. The van der Waals surface area contributed by atoms with Gasteiger partial charge in [0.05, 0.1) is 18.1 Å². The first-order chi connectivity index (χ1) is 7.16. The molecule has 2 heterocycles. The quantitative estimate of drug-likeness (QED) is 0.871. The fourth-order valence-corrected chi connectivity index (χ4v) is 1.49. The van der Waals surface area contributed by atoms with Crippen LogP contribution in [-0.2, 0) is 0 Å². The molecule has 1 N–H and O–H groups in total. The number of aromatic nitrogens is 3. The highest BCUT2D eigenvalue weighted by Gasteiger charge is 2.05. The minimum Gasteiger partial charge on any atom is -0.382 e. The van der Waals surface area contributed by atoms with Gasteiger partial charge in [0.2, 0.25) is 0 Å². The van der Waals surface area contributed by atoms with E-state index >= 15 is 0 Å². The lowest BCUT2D eigenvalue weighted by molar-refractivity contribution is 0.688. The molecule has 0 atom stereocenters. The third-order valence-electron chi connectivity index (χ3n) is 2.03. The summed E-state index contributed by atoms with van der Waals surface area (Å²) in [7, 11) is 0. The number of imidazole rings is 1. The van der Waals surface area contributed by atoms with Crippen molar-refractivity contribution in [1.29, 1.82) is 0 Å². The highest BCUT2D eigenvalue weighted by Crippen LogP contribution is 2.17. The van der Waals surface area contributed by atoms with Gasteiger partial charge in [-0.2, -0.15) is 5.10 Å². The van der Waals surface area contributed by atoms with Crippen LogP contribution in [0.4, 0.5) is 5.69 Å². The molecule has 80 valence electrons. The Kier molecular flexibility index (Phi) is 2.77. The van der Waals surface area contributed by atoms with E-state index in [1.165, 1.54) is 0 Å². The lowest BCUT2D eigenvalue weighted by Crippen LogP contribution is -2.09. The number of fused-ring (bicyclic) bond motifs is 1. The van der Waals surface area contributed by atoms with Gasteiger partial charge in [0.1, 0.15) is 5.15 Å². The standard InChI is InChI=1S/C10H13ClN4/c1-7(2)5-12-8-3-4-13-15-6-9(11)14-10(8)15/h3-4,6-7,12H,5H2,1-2H3. The molecule has 0 aliphatic rings. The average molecular weight is 225 g/mol. The summed E-state index contributed by atoms with van der Waals surface area (Å²) in [4.78, 5) is 4.19. The molecule has 0 saturated carbocycles. The minimum atomic E-state index is 0.460. The number of halogens is 1. The largest absolute Gasteiger partial charge is 0.382 e. The summed E-state index contributed by atoms with van der Waals surface area (Å²) in [5.41, 5.74) is 1.73. The van der Waals surface area contributed by atoms with Gasteiger partial charge in [-0.3, -0.25) is 0 Å². The van der Waals surface area contributed by atoms with Gasteiger partial charge in [0, 0.05) is 6.54 Å². The zero-order valence-corrected chi connectivity index (χ0v) is 9.49. The Balaban J connectivity index is 2.33. The minimum absolute atomic E-state index is 0.460. The van der Waals surface area contributed by atoms with Crippen molar-refractivity contribution in [2.24, 2.45) is 5.92 Å². The van der Waals surface area contributed by atoms with E-state index in [-0.39, 0.29) is 0 Å². The van der Waals surface area contributed by atoms with Crippen LogP contribution in [0.25, 0.3) is 5.65 Å². The topological polar surface area (TPSA) is 42.2 Å². The van der Waals surface area contributed by atoms with E-state index in [1.54, 1.807) is 16.9 Å². The molecule has 15 heavy (non-hydrogen) atoms. The maximum Gasteiger partial charge on any atom is 0.178 e. The van der Waals surface area contributed by atoms with Crippen LogP contribution in [0.15, 0.2) is 18.5 Å². The van der Waals surface area contributed by atoms with Crippen molar-refractivity contribution in [2.75, 3.05) is 11.9 Å². The summed E-state index contributed by atoms with van der Waals surface area (Å²) in [6.07, 6.45) is 3.42. The van der Waals surface area contributed by atoms with E-state index in [0.29, 0.717) is 11.1 Å². The van der Waals surface area contributed by atoms with E-state index in [4.69, 9.17) is 11.6 Å². The Morgan fingerprint density at radius 2 is 2.33 bits per heavy atom. The van der Waals surface area contributed by atoms with Crippen LogP contribution in [0.1, 0.15) is 13.8 Å². The second-order valence-electron chi connectivity index (χ2n) is 3.85. The van der Waals surface area contributed by atoms with Crippen LogP contribution >= 0.6 is 11.6 Å². The van der Waals surface area contributed by atoms with E-state index in [0.717, 1.165) is 17.9 Å². The number of hydrogen-bond acceptors (Lipinski definition) is 3. The summed E-state index contributed by atoms with van der Waals surface area (Å²) in [6, 6.07) is 1.90. The van der Waals surface area contributed by atoms with Crippen molar-refractivity contribution in [3.05, 3.63) is 23.6 Å². The molecule has 0 radical (unpaired) electrons. The SMILES string of the molecule is CC(C)CNc1ccnn2cc(Cl)nc12. The number of nitrogens with zero attached hydrogens (tertiary/aromatic N) is 3. The lowest BCUT2D eigenvalue weighted by atomic mass is 10.2. The third kappa shape index (κ3) is 2.21. The molecule has 0 fully saturated rings. The second-order valence-corrected chi connectivity index (χ2v) is 4.24. The summed E-state index contributed by atoms with van der Waals surface area (Å²) >= 11 is 5.82. The summed E-state index contributed by atoms with van der Waals surface area (Å²) < 4.78 is 1.67. The molecule has 0 spiro atoms. The Morgan fingerprint density at radius 1 is 1.53 bits per heavy atom. The van der Waals surface area contributed by atoms with Crippen LogP contribution in [-0.4, -0.2) is 21.1 Å². The molecule has 2 rings (SSSR count). The predicted octanol–water partition coefficient (Wildman–Crippen LogP) is 2.45. The number of nitrogens with one attached hydrogen (secondary N) is 1. The number of rotatable bonds is 3. The molecule has 4 nitrogen and oxygen atoms in total. The van der Waals surface area contributed by atoms with Gasteiger partial charge in [0.25, 0.3) is 0 Å². The van der Waals surface area contributed by atoms with Crippen LogP contribution in [0.2, 0.25) is 5.15 Å². The van der Waals surface area contributed by atoms with Gasteiger partial charge in [-0.25, -0.2) is 9.50 Å². The molecule has 2 aromatic heterocycles. The predicted molar refractivity (Wildman–Crippen MR) is 61.3 cm³/mol. The van der Waals surface area contributed by atoms with Gasteiger partial charge in [0.15, 0.2) is 5.65 Å². The van der Waals surface area contributed by atoms with Crippen molar-refractivity contribution in [3.8, 4) is 0 Å². The molecule has 0 amide bonds. The molecular weight excluding hydrogens is 212 g/mol. The van der Waals surface area contributed by atoms with Crippen molar-refractivity contribution < 1.29 is 0 Å². The van der Waals surface area contributed by atoms with Gasteiger partial charge in [-0.05, 0) is 12.0 Å². The Bertz CT molecular complexity index is 463. The Labute approximate surface area is 93.3 Å². The fourth-order valence-electron chi connectivity index (χ4n) is 1.32. The molecular formula is C10H13ClN4. The van der Waals surface area contributed by atoms with Gasteiger partial charge in [-0.15, -0.1) is 0 Å². The van der Waals surface area contributed by atoms with Crippen LogP contribution in [0.3, 0.4) is 0 Å². The normalized spacial score (nSPS) is 11.2. The Morgan fingerprint density at radius 3 is 3.07 bits per heavy atom. The van der Waals surface area contributed by atoms with E-state index in [2.05, 4.69) is 29.2 Å². The number of anilines is 1. The smallest absolute Gasteiger partial charge is 0.178 e. The van der Waals surface area contributed by atoms with Crippen molar-refractivity contribution in [3.63, 3.8) is 0 Å². The molecule has 0 unspecified atom stereocenters. The van der Waals surface area contributed by atoms with Crippen molar-refractivity contribution in [2.45, 2.75) is 13.8 Å². The van der Waals surface area contributed by atoms with Gasteiger partial charge >= 0.3 is 0 Å². The first kappa shape index (κ1) is 10.2. The van der Waals surface area contributed by atoms with Gasteiger partial charge < -0.3 is 5.32 Å². The molecule has 0 saturated heterocycles. The molecule has 0 aromatic carbocycles. The molecule has 0 bridgehead atoms. The maximum absolute atomic E-state index is 5.82. The van der Waals surface area contributed by atoms with Crippen molar-refractivity contribution >= 4 is 22.9 Å². The van der Waals surface area contributed by atoms with Crippen molar-refractivity contribution in [1.82, 2.24) is 14.6 Å². The summed E-state index contributed by atoms with van der Waals surface area (Å²) in [6.45, 7) is 5.22. The van der Waals surface area contributed by atoms with E-state index in [9.17, 15) is 0 Å². The zero-order chi connectivity index (χ0) is 10.8. The molecule has 0 aliphatic heterocycles. The first-order valence-electron chi connectivity index (χ1n) is 4.90. The zero-order valence-electron chi connectivity index (χ0n) is 8.74. The molecule has 2 aromatic rings. The van der Waals surface area contributed by atoms with Gasteiger partial charge in [-0.1, -0.05) is 25.4 Å². The average Bonchev–Trinajstić information content (AvgIpc) is 2.55. The third-order valence-corrected chi connectivity index (χ3v) is 2.21.